The maximum atomic E-state index is 4.68. The van der Waals surface area contributed by atoms with Crippen molar-refractivity contribution in [2.75, 3.05) is 9.80 Å². The van der Waals surface area contributed by atoms with Gasteiger partial charge in [-0.25, -0.2) is 0 Å². The van der Waals surface area contributed by atoms with E-state index in [1.54, 1.807) is 0 Å². The minimum atomic E-state index is 0.0116. The van der Waals surface area contributed by atoms with E-state index in [9.17, 15) is 0 Å². The van der Waals surface area contributed by atoms with Gasteiger partial charge in [-0.3, -0.25) is 0 Å². The van der Waals surface area contributed by atoms with Gasteiger partial charge in [0.15, 0.2) is 0 Å². The van der Waals surface area contributed by atoms with E-state index < -0.39 is 0 Å². The van der Waals surface area contributed by atoms with Gasteiger partial charge in [-0.1, -0.05) is 0 Å². The molecular formula is C18H13LrN3. The van der Waals surface area contributed by atoms with Gasteiger partial charge >= 0.3 is 123 Å². The minimum absolute atomic E-state index is 0.0116. The third kappa shape index (κ3) is 1.27. The normalized spacial score (nSPS) is 17.4. The second-order valence-corrected chi connectivity index (χ2v) is 8.02. The van der Waals surface area contributed by atoms with Crippen molar-refractivity contribution >= 4 is 28.9 Å². The van der Waals surface area contributed by atoms with Gasteiger partial charge in [0.2, 0.25) is 0 Å². The van der Waals surface area contributed by atoms with Crippen LogP contribution in [0, 0.1) is 0 Å². The third-order valence-corrected chi connectivity index (χ3v) is 7.10. The molecule has 115 valence electrons. The first kappa shape index (κ1) is 10.9. The average molecular weight is 533 g/mol. The Kier molecular flexibility index (Phi) is 1.91. The van der Waals surface area contributed by atoms with Gasteiger partial charge in [0, 0.05) is 0 Å². The van der Waals surface area contributed by atoms with Crippen molar-refractivity contribution < 1.29 is 0 Å². The van der Waals surface area contributed by atoms with Gasteiger partial charge in [-0.2, -0.15) is 0 Å². The molecule has 0 aliphatic carbocycles. The zero-order chi connectivity index (χ0) is 14.5. The number of rotatable bonds is 1. The Balaban J connectivity index is 1.73. The van der Waals surface area contributed by atoms with Crippen molar-refractivity contribution in [1.82, 2.24) is 4.98 Å². The fourth-order valence-corrected chi connectivity index (χ4v) is 6.42. The molecule has 3 aromatic rings. The molecule has 1 atom stereocenters. The number of hydrogen-bond donors (Lipinski definition) is 0. The molecule has 0 saturated heterocycles. The zero-order valence-corrected chi connectivity index (χ0v) is 13.8. The molecule has 0 amide bonds. The van der Waals surface area contributed by atoms with Crippen molar-refractivity contribution in [2.45, 2.75) is 6.67 Å². The van der Waals surface area contributed by atoms with Crippen molar-refractivity contribution in [2.24, 2.45) is 0 Å². The Labute approximate surface area is 124 Å². The Morgan fingerprint density at radius 2 is 1.55 bits per heavy atom. The monoisotopic (exact) mass is 533 g/mol. The summed E-state index contributed by atoms with van der Waals surface area (Å²) in [4.78, 5) is 9.54. The average Bonchev–Trinajstić information content (AvgIpc) is 3.10. The molecule has 4 heteroatoms. The molecular weight excluding hydrogens is 520 g/mol. The van der Waals surface area contributed by atoms with Crippen LogP contribution in [0.1, 0.15) is 0 Å². The first-order valence-corrected chi connectivity index (χ1v) is 9.43. The van der Waals surface area contributed by atoms with Crippen LogP contribution in [0.3, 0.4) is 0 Å². The summed E-state index contributed by atoms with van der Waals surface area (Å²) in [7, 11) is 0. The molecule has 0 saturated carbocycles. The molecule has 22 heavy (non-hydrogen) atoms. The molecule has 0 radical (unpaired) electrons. The van der Waals surface area contributed by atoms with Crippen molar-refractivity contribution in [1.29, 1.82) is 0 Å². The molecule has 0 fully saturated rings. The van der Waals surface area contributed by atoms with E-state index in [1.165, 1.54) is 23.1 Å². The topological polar surface area (TPSA) is 19.4 Å². The molecule has 2 aliphatic heterocycles. The van der Waals surface area contributed by atoms with E-state index in [2.05, 4.69) is 75.4 Å². The predicted octanol–water partition coefficient (Wildman–Crippen LogP) is 3.38. The standard InChI is InChI=1S/C18H13N3.Lr/c1-3-8-15(9-4-1)20-14-21(16-10-5-2-6-11-16)18-17(20)12-7-13-19-18;/h1-10,12-14H;. The van der Waals surface area contributed by atoms with Crippen LogP contribution < -0.4 is 15.9 Å². The van der Waals surface area contributed by atoms with Crippen LogP contribution in [0.4, 0.5) is 22.9 Å². The summed E-state index contributed by atoms with van der Waals surface area (Å²) in [5, 5.41) is 0. The molecule has 1 aromatic heterocycles. The Morgan fingerprint density at radius 1 is 0.773 bits per heavy atom. The van der Waals surface area contributed by atoms with E-state index in [-0.39, 0.29) is 0 Å². The SMILES string of the molecule is c1ccc(N2c3cccnc3N3c4cccc[c]4[Lr][CH]23)cc1. The first-order chi connectivity index (χ1) is 10.9. The van der Waals surface area contributed by atoms with Crippen LogP contribution >= 0.6 is 0 Å². The van der Waals surface area contributed by atoms with Crippen molar-refractivity contribution in [3.8, 4) is 0 Å². The fraction of sp³-hybridized carbons (Fsp3) is 0.0556. The van der Waals surface area contributed by atoms with Crippen LogP contribution in [0.25, 0.3) is 0 Å². The number of anilines is 4. The summed E-state index contributed by atoms with van der Waals surface area (Å²) in [5.41, 5.74) is 3.78. The molecule has 3 heterocycles. The molecule has 0 N–H and O–H groups in total. The second-order valence-electron chi connectivity index (χ2n) is 5.13. The van der Waals surface area contributed by atoms with Crippen molar-refractivity contribution in [3.63, 3.8) is 0 Å². The fourth-order valence-electron chi connectivity index (χ4n) is 2.92. The van der Waals surface area contributed by atoms with Crippen LogP contribution in [-0.2, 0) is 0 Å². The summed E-state index contributed by atoms with van der Waals surface area (Å²) in [6.45, 7) is 0.379. The van der Waals surface area contributed by atoms with Crippen LogP contribution in [0.15, 0.2) is 72.9 Å². The van der Waals surface area contributed by atoms with Gasteiger partial charge < -0.3 is 0 Å². The predicted molar refractivity (Wildman–Crippen MR) is 84.8 cm³/mol. The van der Waals surface area contributed by atoms with Crippen LogP contribution in [-0.4, -0.2) is 11.7 Å². The van der Waals surface area contributed by atoms with Crippen molar-refractivity contribution in [3.05, 3.63) is 72.9 Å². The van der Waals surface area contributed by atoms with Gasteiger partial charge in [0.25, 0.3) is 0 Å². The van der Waals surface area contributed by atoms with Gasteiger partial charge in [-0.05, 0) is 0 Å². The van der Waals surface area contributed by atoms with E-state index in [0.29, 0.717) is 6.67 Å². The number of pyridine rings is 1. The van der Waals surface area contributed by atoms with E-state index in [1.807, 2.05) is 12.3 Å². The molecule has 0 spiro atoms. The molecule has 5 rings (SSSR count). The van der Waals surface area contributed by atoms with E-state index >= 15 is 0 Å². The zero-order valence-electron chi connectivity index (χ0n) is 11.6. The van der Waals surface area contributed by atoms with Crippen LogP contribution in [0.5, 0.6) is 0 Å². The maximum absolute atomic E-state index is 4.68. The number of fused-ring (bicyclic) bond motifs is 5. The number of benzene rings is 2. The summed E-state index contributed by atoms with van der Waals surface area (Å²) >= 11 is 0. The number of hydrogen-bond acceptors (Lipinski definition) is 3. The molecule has 2 aliphatic rings. The van der Waals surface area contributed by atoms with Gasteiger partial charge in [-0.15, -0.1) is 0 Å². The summed E-state index contributed by atoms with van der Waals surface area (Å²) in [6, 6.07) is 25.1. The van der Waals surface area contributed by atoms with Gasteiger partial charge in [0.1, 0.15) is 0 Å². The molecule has 1 unspecified atom stereocenters. The Hall–Kier alpha value is -3.81. The number of nitrogens with zero attached hydrogens (tertiary/aromatic N) is 3. The van der Waals surface area contributed by atoms with Gasteiger partial charge in [0.05, 0.1) is 0 Å². The number of para-hydroxylation sites is 2. The van der Waals surface area contributed by atoms with E-state index in [4.69, 9.17) is 0 Å². The molecule has 0 bridgehead atoms. The first-order valence-electron chi connectivity index (χ1n) is 7.11. The van der Waals surface area contributed by atoms with Crippen LogP contribution in [0.2, 0.25) is 0 Å². The third-order valence-electron chi connectivity index (χ3n) is 3.86. The Bertz CT molecular complexity index is 835. The second kappa shape index (κ2) is 3.85. The quantitative estimate of drug-likeness (QED) is 0.479. The molecule has 3 nitrogen and oxygen atoms in total. The summed E-state index contributed by atoms with van der Waals surface area (Å²) in [5.74, 6) is 1.08. The number of aromatic nitrogens is 1. The van der Waals surface area contributed by atoms with E-state index in [0.717, 1.165) is 5.82 Å². The summed E-state index contributed by atoms with van der Waals surface area (Å²) < 4.78 is 0.0116. The molecule has 2 aromatic carbocycles. The summed E-state index contributed by atoms with van der Waals surface area (Å²) in [6.07, 6.45) is 1.89. The Morgan fingerprint density at radius 3 is 2.45 bits per heavy atom.